The van der Waals surface area contributed by atoms with E-state index >= 15 is 0 Å². The molecule has 2 aliphatic heterocycles. The molecule has 298 valence electrons. The molecule has 0 aromatic heterocycles. The Kier molecular flexibility index (Phi) is 10.7. The maximum absolute atomic E-state index is 13.3. The number of hydrogen-bond acceptors (Lipinski definition) is 8. The zero-order valence-electron chi connectivity index (χ0n) is 32.4. The number of nitrogens with zero attached hydrogens (tertiary/aromatic N) is 3. The SMILES string of the molecule is O=C(NCc1ccccc1-c1ccc(C2OC(CN3CCN(c4ccc([N+](=O)[O-])cc4)CC3)CC(c3ccc(CO)cc3)O2)cc1)NC12CC3CC(CC(C3)C1)C2. The van der Waals surface area contributed by atoms with Crippen LogP contribution in [0.4, 0.5) is 16.2 Å². The number of carbonyl (C=O) groups excluding carboxylic acids is 1. The van der Waals surface area contributed by atoms with E-state index in [-0.39, 0.29) is 41.0 Å². The van der Waals surface area contributed by atoms with Crippen molar-refractivity contribution in [3.05, 3.63) is 129 Å². The van der Waals surface area contributed by atoms with E-state index in [1.807, 2.05) is 48.5 Å². The number of hydrogen-bond donors (Lipinski definition) is 3. The van der Waals surface area contributed by atoms with Gasteiger partial charge in [0.05, 0.1) is 23.7 Å². The summed E-state index contributed by atoms with van der Waals surface area (Å²) >= 11 is 0. The lowest BCUT2D eigenvalue weighted by atomic mass is 9.53. The topological polar surface area (TPSA) is 129 Å². The van der Waals surface area contributed by atoms with Crippen LogP contribution < -0.4 is 15.5 Å². The standard InChI is InChI=1S/C46H53N5O6/c52-30-31-5-7-36(8-6-31)43-24-41(29-49-17-19-50(20-18-49)39-13-15-40(16-14-39)51(54)55)56-44(57-43)37-11-9-35(10-12-37)42-4-2-1-3-38(42)28-47-45(53)48-46-25-32-21-33(26-46)23-34(22-32)27-46/h1-16,32-34,41,43-44,52H,17-30H2,(H2,47,48,53). The molecular formula is C46H53N5O6. The Morgan fingerprint density at radius 2 is 1.44 bits per heavy atom. The van der Waals surface area contributed by atoms with Crippen LogP contribution in [0.25, 0.3) is 11.1 Å². The molecule has 0 spiro atoms. The van der Waals surface area contributed by atoms with Gasteiger partial charge >= 0.3 is 6.03 Å². The van der Waals surface area contributed by atoms with Crippen molar-refractivity contribution in [1.29, 1.82) is 0 Å². The summed E-state index contributed by atoms with van der Waals surface area (Å²) in [6.45, 7) is 4.55. The van der Waals surface area contributed by atoms with Crippen molar-refractivity contribution in [2.45, 2.75) is 82.1 Å². The van der Waals surface area contributed by atoms with Gasteiger partial charge in [-0.2, -0.15) is 0 Å². The molecule has 4 bridgehead atoms. The molecule has 6 fully saturated rings. The van der Waals surface area contributed by atoms with Crippen LogP contribution in [-0.2, 0) is 22.6 Å². The number of nitrogens with one attached hydrogen (secondary N) is 2. The first kappa shape index (κ1) is 37.7. The van der Waals surface area contributed by atoms with Gasteiger partial charge in [-0.25, -0.2) is 4.79 Å². The number of nitro benzene ring substituents is 1. The van der Waals surface area contributed by atoms with Crippen molar-refractivity contribution in [3.63, 3.8) is 0 Å². The lowest BCUT2D eigenvalue weighted by molar-refractivity contribution is -0.384. The van der Waals surface area contributed by atoms with Gasteiger partial charge in [0.15, 0.2) is 6.29 Å². The fraction of sp³-hybridized carbons (Fsp3) is 0.457. The average molecular weight is 772 g/mol. The molecule has 6 aliphatic rings. The average Bonchev–Trinajstić information content (AvgIpc) is 3.23. The molecule has 11 nitrogen and oxygen atoms in total. The van der Waals surface area contributed by atoms with E-state index in [4.69, 9.17) is 9.47 Å². The highest BCUT2D eigenvalue weighted by atomic mass is 16.7. The van der Waals surface area contributed by atoms with Crippen LogP contribution in [0.1, 0.15) is 79.6 Å². The first-order chi connectivity index (χ1) is 27.8. The minimum absolute atomic E-state index is 0.00735. The van der Waals surface area contributed by atoms with E-state index in [2.05, 4.69) is 56.8 Å². The Labute approximate surface area is 334 Å². The minimum Gasteiger partial charge on any atom is -0.392 e. The molecule has 4 aromatic rings. The highest BCUT2D eigenvalue weighted by molar-refractivity contribution is 5.76. The van der Waals surface area contributed by atoms with Crippen LogP contribution >= 0.6 is 0 Å². The molecule has 0 radical (unpaired) electrons. The number of anilines is 1. The van der Waals surface area contributed by atoms with Crippen molar-refractivity contribution < 1.29 is 24.3 Å². The van der Waals surface area contributed by atoms with E-state index in [9.17, 15) is 20.0 Å². The Hall–Kier alpha value is -4.81. The molecule has 2 saturated heterocycles. The van der Waals surface area contributed by atoms with Gasteiger partial charge in [0.2, 0.25) is 0 Å². The van der Waals surface area contributed by atoms with E-state index in [0.717, 1.165) is 109 Å². The fourth-order valence-electron chi connectivity index (χ4n) is 10.8. The zero-order valence-corrected chi connectivity index (χ0v) is 32.4. The lowest BCUT2D eigenvalue weighted by Gasteiger charge is -2.56. The van der Waals surface area contributed by atoms with Crippen LogP contribution in [0.3, 0.4) is 0 Å². The first-order valence-corrected chi connectivity index (χ1v) is 20.7. The van der Waals surface area contributed by atoms with E-state index in [0.29, 0.717) is 13.0 Å². The molecule has 10 rings (SSSR count). The van der Waals surface area contributed by atoms with Crippen LogP contribution in [-0.4, -0.2) is 65.3 Å². The number of piperazine rings is 1. The third-order valence-corrected chi connectivity index (χ3v) is 13.2. The second-order valence-electron chi connectivity index (χ2n) is 17.2. The summed E-state index contributed by atoms with van der Waals surface area (Å²) in [4.78, 5) is 28.8. The van der Waals surface area contributed by atoms with Crippen molar-refractivity contribution in [1.82, 2.24) is 15.5 Å². The smallest absolute Gasteiger partial charge is 0.315 e. The molecule has 4 aliphatic carbocycles. The summed E-state index contributed by atoms with van der Waals surface area (Å²) in [5.74, 6) is 2.33. The lowest BCUT2D eigenvalue weighted by Crippen LogP contribution is -2.61. The summed E-state index contributed by atoms with van der Waals surface area (Å²) in [6.07, 6.45) is 7.31. The molecule has 4 aromatic carbocycles. The summed E-state index contributed by atoms with van der Waals surface area (Å²) in [7, 11) is 0. The van der Waals surface area contributed by atoms with Crippen molar-refractivity contribution >= 4 is 17.4 Å². The summed E-state index contributed by atoms with van der Waals surface area (Å²) in [5.41, 5.74) is 7.13. The monoisotopic (exact) mass is 771 g/mol. The first-order valence-electron chi connectivity index (χ1n) is 20.7. The van der Waals surface area contributed by atoms with Crippen molar-refractivity contribution in [3.8, 4) is 11.1 Å². The molecular weight excluding hydrogens is 719 g/mol. The number of carbonyl (C=O) groups is 1. The van der Waals surface area contributed by atoms with E-state index in [1.165, 1.54) is 19.3 Å². The van der Waals surface area contributed by atoms with Gasteiger partial charge in [-0.15, -0.1) is 0 Å². The summed E-state index contributed by atoms with van der Waals surface area (Å²) in [6, 6.07) is 31.4. The van der Waals surface area contributed by atoms with Gasteiger partial charge in [-0.1, -0.05) is 72.8 Å². The second-order valence-corrected chi connectivity index (χ2v) is 17.2. The third-order valence-electron chi connectivity index (χ3n) is 13.2. The fourth-order valence-corrected chi connectivity index (χ4v) is 10.8. The molecule has 3 unspecified atom stereocenters. The Morgan fingerprint density at radius 1 is 0.789 bits per heavy atom. The normalized spacial score (nSPS) is 28.3. The number of urea groups is 1. The number of aliphatic hydroxyl groups excluding tert-OH is 1. The maximum atomic E-state index is 13.3. The number of ether oxygens (including phenoxy) is 2. The Bertz CT molecular complexity index is 2000. The van der Waals surface area contributed by atoms with Crippen LogP contribution in [0.2, 0.25) is 0 Å². The van der Waals surface area contributed by atoms with Gasteiger partial charge in [0.1, 0.15) is 0 Å². The minimum atomic E-state index is -0.563. The number of nitro groups is 1. The quantitative estimate of drug-likeness (QED) is 0.104. The van der Waals surface area contributed by atoms with Crippen LogP contribution in [0.5, 0.6) is 0 Å². The van der Waals surface area contributed by atoms with Crippen LogP contribution in [0.15, 0.2) is 97.1 Å². The molecule has 3 atom stereocenters. The molecule has 11 heteroatoms. The predicted octanol–water partition coefficient (Wildman–Crippen LogP) is 7.89. The predicted molar refractivity (Wildman–Crippen MR) is 218 cm³/mol. The van der Waals surface area contributed by atoms with Gasteiger partial charge in [0.25, 0.3) is 5.69 Å². The Morgan fingerprint density at radius 3 is 2.09 bits per heavy atom. The molecule has 3 N–H and O–H groups in total. The molecule has 2 amide bonds. The number of aliphatic hydroxyl groups is 1. The zero-order chi connectivity index (χ0) is 38.9. The summed E-state index contributed by atoms with van der Waals surface area (Å²) < 4.78 is 13.4. The molecule has 4 saturated carbocycles. The number of rotatable bonds is 11. The molecule has 2 heterocycles. The number of benzene rings is 4. The van der Waals surface area contributed by atoms with Gasteiger partial charge in [0, 0.05) is 74.6 Å². The summed E-state index contributed by atoms with van der Waals surface area (Å²) in [5, 5.41) is 27.4. The van der Waals surface area contributed by atoms with Crippen molar-refractivity contribution in [2.75, 3.05) is 37.6 Å². The van der Waals surface area contributed by atoms with Crippen LogP contribution in [0, 0.1) is 27.9 Å². The van der Waals surface area contributed by atoms with Gasteiger partial charge in [-0.05, 0) is 96.2 Å². The highest BCUT2D eigenvalue weighted by Gasteiger charge is 2.51. The number of non-ortho nitro benzene ring substituents is 1. The van der Waals surface area contributed by atoms with E-state index in [1.54, 1.807) is 12.1 Å². The van der Waals surface area contributed by atoms with Gasteiger partial charge < -0.3 is 30.1 Å². The molecule has 57 heavy (non-hydrogen) atoms. The number of amides is 2. The maximum Gasteiger partial charge on any atom is 0.315 e. The second kappa shape index (κ2) is 16.2. The van der Waals surface area contributed by atoms with E-state index < -0.39 is 6.29 Å². The van der Waals surface area contributed by atoms with Gasteiger partial charge in [-0.3, -0.25) is 15.0 Å². The van der Waals surface area contributed by atoms with Crippen molar-refractivity contribution in [2.24, 2.45) is 17.8 Å². The third kappa shape index (κ3) is 8.43. The largest absolute Gasteiger partial charge is 0.392 e. The Balaban J connectivity index is 0.856. The highest BCUT2D eigenvalue weighted by Crippen LogP contribution is 2.55.